The molecule has 0 spiro atoms. The average molecular weight is 384 g/mol. The Morgan fingerprint density at radius 3 is 2.41 bits per heavy atom. The van der Waals surface area contributed by atoms with E-state index in [1.807, 2.05) is 42.4 Å². The highest BCUT2D eigenvalue weighted by molar-refractivity contribution is 7.82. The Morgan fingerprint density at radius 1 is 1.04 bits per heavy atom. The molecule has 2 N–H and O–H groups in total. The van der Waals surface area contributed by atoms with Crippen LogP contribution in [0.15, 0.2) is 59.8 Å². The summed E-state index contributed by atoms with van der Waals surface area (Å²) in [5.74, 6) is -0.140. The maximum atomic E-state index is 14.8. The van der Waals surface area contributed by atoms with Gasteiger partial charge in [0.2, 0.25) is 0 Å². The number of aromatic nitrogens is 2. The predicted octanol–water partition coefficient (Wildman–Crippen LogP) is 3.90. The Bertz CT molecular complexity index is 958. The summed E-state index contributed by atoms with van der Waals surface area (Å²) in [4.78, 5) is 8.74. The van der Waals surface area contributed by atoms with Crippen molar-refractivity contribution in [1.82, 2.24) is 14.3 Å². The van der Waals surface area contributed by atoms with Crippen LogP contribution >= 0.6 is 0 Å². The molecule has 3 rings (SSSR count). The average Bonchev–Trinajstić information content (AvgIpc) is 2.69. The van der Waals surface area contributed by atoms with E-state index in [4.69, 9.17) is 5.73 Å². The molecule has 1 heterocycles. The third kappa shape index (κ3) is 4.04. The Hall–Kier alpha value is -2.64. The number of anilines is 1. The van der Waals surface area contributed by atoms with Gasteiger partial charge in [0.15, 0.2) is 0 Å². The smallest absolute Gasteiger partial charge is 0.141 e. The summed E-state index contributed by atoms with van der Waals surface area (Å²) >= 11 is 0. The SMILES string of the molecule is CCN(CC)S(=O)c1ccccc1-c1ccc(-c2cnc(N)cn2)c(F)c1. The highest BCUT2D eigenvalue weighted by Crippen LogP contribution is 2.31. The van der Waals surface area contributed by atoms with Gasteiger partial charge in [0.25, 0.3) is 0 Å². The molecule has 0 aliphatic heterocycles. The van der Waals surface area contributed by atoms with Crippen molar-refractivity contribution in [1.29, 1.82) is 0 Å². The summed E-state index contributed by atoms with van der Waals surface area (Å²) in [6.45, 7) is 5.26. The van der Waals surface area contributed by atoms with Crippen molar-refractivity contribution in [2.24, 2.45) is 0 Å². The van der Waals surface area contributed by atoms with Gasteiger partial charge in [-0.15, -0.1) is 0 Å². The number of nitrogens with zero attached hydrogens (tertiary/aromatic N) is 3. The molecular weight excluding hydrogens is 363 g/mol. The summed E-state index contributed by atoms with van der Waals surface area (Å²) in [5.41, 5.74) is 7.70. The van der Waals surface area contributed by atoms with E-state index in [-0.39, 0.29) is 5.82 Å². The van der Waals surface area contributed by atoms with E-state index in [2.05, 4.69) is 9.97 Å². The highest BCUT2D eigenvalue weighted by Gasteiger charge is 2.17. The van der Waals surface area contributed by atoms with Gasteiger partial charge in [-0.1, -0.05) is 38.1 Å². The normalized spacial score (nSPS) is 12.3. The molecule has 0 bridgehead atoms. The van der Waals surface area contributed by atoms with Gasteiger partial charge in [-0.2, -0.15) is 0 Å². The highest BCUT2D eigenvalue weighted by atomic mass is 32.2. The summed E-state index contributed by atoms with van der Waals surface area (Å²) < 4.78 is 29.5. The van der Waals surface area contributed by atoms with E-state index in [0.717, 1.165) is 5.56 Å². The summed E-state index contributed by atoms with van der Waals surface area (Å²) in [6, 6.07) is 12.3. The molecule has 0 radical (unpaired) electrons. The molecule has 0 saturated carbocycles. The molecule has 2 aromatic carbocycles. The van der Waals surface area contributed by atoms with Gasteiger partial charge in [-0.3, -0.25) is 4.98 Å². The fourth-order valence-electron chi connectivity index (χ4n) is 2.82. The standard InChI is InChI=1S/C20H21FN4OS/c1-3-25(4-2)27(26)19-8-6-5-7-15(19)14-9-10-16(17(21)11-14)18-12-24-20(22)13-23-18/h5-13H,3-4H2,1-2H3,(H2,22,24). The van der Waals surface area contributed by atoms with Crippen LogP contribution in [0.2, 0.25) is 0 Å². The van der Waals surface area contributed by atoms with Crippen LogP contribution in [0.1, 0.15) is 13.8 Å². The maximum Gasteiger partial charge on any atom is 0.141 e. The number of nitrogens with two attached hydrogens (primary N) is 1. The van der Waals surface area contributed by atoms with Gasteiger partial charge < -0.3 is 5.73 Å². The molecule has 1 unspecified atom stereocenters. The van der Waals surface area contributed by atoms with Gasteiger partial charge >= 0.3 is 0 Å². The van der Waals surface area contributed by atoms with Crippen LogP contribution in [0.25, 0.3) is 22.4 Å². The third-order valence-electron chi connectivity index (χ3n) is 4.24. The van der Waals surface area contributed by atoms with Gasteiger partial charge in [0.05, 0.1) is 23.0 Å². The first-order valence-electron chi connectivity index (χ1n) is 8.68. The first-order chi connectivity index (χ1) is 13.0. The Kier molecular flexibility index (Phi) is 5.93. The monoisotopic (exact) mass is 384 g/mol. The third-order valence-corrected chi connectivity index (χ3v) is 5.96. The molecular formula is C20H21FN4OS. The van der Waals surface area contributed by atoms with E-state index in [1.165, 1.54) is 18.5 Å². The van der Waals surface area contributed by atoms with Crippen LogP contribution < -0.4 is 5.73 Å². The van der Waals surface area contributed by atoms with Crippen molar-refractivity contribution in [2.75, 3.05) is 18.8 Å². The van der Waals surface area contributed by atoms with Gasteiger partial charge in [0, 0.05) is 18.7 Å². The largest absolute Gasteiger partial charge is 0.382 e. The van der Waals surface area contributed by atoms with Gasteiger partial charge in [-0.05, 0) is 29.3 Å². The lowest BCUT2D eigenvalue weighted by molar-refractivity contribution is 0.489. The Morgan fingerprint density at radius 2 is 1.78 bits per heavy atom. The summed E-state index contributed by atoms with van der Waals surface area (Å²) in [5, 5.41) is 0. The van der Waals surface area contributed by atoms with E-state index >= 15 is 0 Å². The first kappa shape index (κ1) is 19.1. The zero-order chi connectivity index (χ0) is 19.4. The zero-order valence-electron chi connectivity index (χ0n) is 15.2. The van der Waals surface area contributed by atoms with Crippen molar-refractivity contribution in [3.8, 4) is 22.4 Å². The molecule has 3 aromatic rings. The van der Waals surface area contributed by atoms with Crippen LogP contribution in [0.4, 0.5) is 10.2 Å². The number of nitrogen functional groups attached to an aromatic ring is 1. The van der Waals surface area contributed by atoms with Crippen molar-refractivity contribution in [3.05, 3.63) is 60.7 Å². The van der Waals surface area contributed by atoms with E-state index < -0.39 is 16.8 Å². The van der Waals surface area contributed by atoms with Crippen LogP contribution in [-0.4, -0.2) is 31.6 Å². The predicted molar refractivity (Wildman–Crippen MR) is 107 cm³/mol. The summed E-state index contributed by atoms with van der Waals surface area (Å²) in [7, 11) is -1.31. The van der Waals surface area contributed by atoms with E-state index in [1.54, 1.807) is 12.1 Å². The van der Waals surface area contributed by atoms with Crippen LogP contribution in [0, 0.1) is 5.82 Å². The van der Waals surface area contributed by atoms with Crippen molar-refractivity contribution in [3.63, 3.8) is 0 Å². The Labute approximate surface area is 160 Å². The second kappa shape index (κ2) is 8.37. The van der Waals surface area contributed by atoms with Crippen LogP contribution in [0.3, 0.4) is 0 Å². The minimum absolute atomic E-state index is 0.281. The molecule has 140 valence electrons. The molecule has 7 heteroatoms. The van der Waals surface area contributed by atoms with Crippen LogP contribution in [-0.2, 0) is 11.0 Å². The lowest BCUT2D eigenvalue weighted by Crippen LogP contribution is -2.25. The van der Waals surface area contributed by atoms with Crippen molar-refractivity contribution in [2.45, 2.75) is 18.7 Å². The lowest BCUT2D eigenvalue weighted by Gasteiger charge is -2.19. The van der Waals surface area contributed by atoms with Crippen molar-refractivity contribution >= 4 is 16.8 Å². The topological polar surface area (TPSA) is 72.1 Å². The molecule has 5 nitrogen and oxygen atoms in total. The molecule has 0 amide bonds. The molecule has 27 heavy (non-hydrogen) atoms. The number of benzene rings is 2. The fraction of sp³-hybridized carbons (Fsp3) is 0.200. The second-order valence-electron chi connectivity index (χ2n) is 5.88. The van der Waals surface area contributed by atoms with Crippen molar-refractivity contribution < 1.29 is 8.60 Å². The minimum Gasteiger partial charge on any atom is -0.382 e. The number of halogens is 1. The molecule has 1 aromatic heterocycles. The molecule has 1 atom stereocenters. The molecule has 0 aliphatic carbocycles. The number of hydrogen-bond acceptors (Lipinski definition) is 4. The zero-order valence-corrected chi connectivity index (χ0v) is 16.0. The minimum atomic E-state index is -1.31. The van der Waals surface area contributed by atoms with E-state index in [9.17, 15) is 8.60 Å². The molecule has 0 fully saturated rings. The summed E-state index contributed by atoms with van der Waals surface area (Å²) in [6.07, 6.45) is 2.84. The Balaban J connectivity index is 2.02. The number of hydrogen-bond donors (Lipinski definition) is 1. The quantitative estimate of drug-likeness (QED) is 0.700. The van der Waals surface area contributed by atoms with Gasteiger partial charge in [-0.25, -0.2) is 17.9 Å². The molecule has 0 saturated heterocycles. The van der Waals surface area contributed by atoms with Crippen LogP contribution in [0.5, 0.6) is 0 Å². The fourth-order valence-corrected chi connectivity index (χ4v) is 4.14. The number of rotatable bonds is 6. The van der Waals surface area contributed by atoms with E-state index in [0.29, 0.717) is 34.8 Å². The molecule has 0 aliphatic rings. The lowest BCUT2D eigenvalue weighted by atomic mass is 10.0. The maximum absolute atomic E-state index is 14.8. The van der Waals surface area contributed by atoms with Gasteiger partial charge in [0.1, 0.15) is 22.6 Å². The second-order valence-corrected chi connectivity index (χ2v) is 7.34. The first-order valence-corrected chi connectivity index (χ1v) is 9.79.